The molecule has 0 saturated heterocycles. The number of rotatable bonds is 4. The smallest absolute Gasteiger partial charge is 0.416 e. The van der Waals surface area contributed by atoms with Gasteiger partial charge in [0, 0.05) is 0 Å². The molecule has 0 unspecified atom stereocenters. The Labute approximate surface area is 112 Å². The number of hydrogen-bond acceptors (Lipinski definition) is 5. The first-order valence-corrected chi connectivity index (χ1v) is 5.46. The fourth-order valence-corrected chi connectivity index (χ4v) is 1.20. The highest BCUT2D eigenvalue weighted by atomic mass is 19.4. The van der Waals surface area contributed by atoms with Crippen molar-refractivity contribution < 1.29 is 22.7 Å². The second kappa shape index (κ2) is 6.56. The summed E-state index contributed by atoms with van der Waals surface area (Å²) in [6, 6.07) is 5.69. The maximum Gasteiger partial charge on any atom is 0.416 e. The van der Waals surface area contributed by atoms with Gasteiger partial charge in [0.05, 0.1) is 17.9 Å². The summed E-state index contributed by atoms with van der Waals surface area (Å²) in [7, 11) is 0. The van der Waals surface area contributed by atoms with E-state index in [1.807, 2.05) is 0 Å². The lowest BCUT2D eigenvalue weighted by Crippen LogP contribution is -2.17. The van der Waals surface area contributed by atoms with Gasteiger partial charge in [-0.05, 0) is 25.1 Å². The predicted octanol–water partition coefficient (Wildman–Crippen LogP) is 2.56. The molecule has 0 amide bonds. The Kier molecular flexibility index (Phi) is 5.08. The summed E-state index contributed by atoms with van der Waals surface area (Å²) in [6.07, 6.45) is -4.49. The number of nitriles is 1. The third-order valence-electron chi connectivity index (χ3n) is 2.06. The maximum absolute atomic E-state index is 12.5. The lowest BCUT2D eigenvalue weighted by atomic mass is 10.2. The van der Waals surface area contributed by atoms with E-state index >= 15 is 0 Å². The Balaban J connectivity index is 2.89. The molecule has 1 aromatic rings. The van der Waals surface area contributed by atoms with Crippen LogP contribution in [0.4, 0.5) is 18.9 Å². The monoisotopic (exact) mass is 285 g/mol. The van der Waals surface area contributed by atoms with Crippen molar-refractivity contribution in [2.75, 3.05) is 12.0 Å². The number of anilines is 1. The number of hydrazone groups is 1. The number of carbonyl (C=O) groups is 1. The molecule has 5 nitrogen and oxygen atoms in total. The van der Waals surface area contributed by atoms with Crippen molar-refractivity contribution in [3.8, 4) is 6.07 Å². The molecule has 0 heterocycles. The van der Waals surface area contributed by atoms with Crippen LogP contribution in [0.3, 0.4) is 0 Å². The van der Waals surface area contributed by atoms with Crippen LogP contribution in [0.5, 0.6) is 0 Å². The van der Waals surface area contributed by atoms with E-state index in [4.69, 9.17) is 5.26 Å². The van der Waals surface area contributed by atoms with Crippen molar-refractivity contribution in [1.82, 2.24) is 0 Å². The zero-order valence-electron chi connectivity index (χ0n) is 10.4. The topological polar surface area (TPSA) is 74.5 Å². The molecule has 1 N–H and O–H groups in total. The molecule has 8 heteroatoms. The number of nitrogens with one attached hydrogen (secondary N) is 1. The summed E-state index contributed by atoms with van der Waals surface area (Å²) < 4.78 is 42.0. The van der Waals surface area contributed by atoms with Crippen molar-refractivity contribution in [2.45, 2.75) is 13.1 Å². The van der Waals surface area contributed by atoms with E-state index in [-0.39, 0.29) is 12.3 Å². The van der Waals surface area contributed by atoms with Crippen LogP contribution >= 0.6 is 0 Å². The van der Waals surface area contributed by atoms with Gasteiger partial charge < -0.3 is 4.74 Å². The Hall–Kier alpha value is -2.56. The lowest BCUT2D eigenvalue weighted by molar-refractivity contribution is -0.137. The van der Waals surface area contributed by atoms with Crippen LogP contribution in [-0.4, -0.2) is 18.3 Å². The number of carbonyl (C=O) groups excluding carboxylic acids is 1. The molecule has 0 aliphatic rings. The summed E-state index contributed by atoms with van der Waals surface area (Å²) in [5.74, 6) is -0.950. The van der Waals surface area contributed by atoms with E-state index < -0.39 is 23.4 Å². The van der Waals surface area contributed by atoms with Crippen molar-refractivity contribution in [3.63, 3.8) is 0 Å². The molecule has 1 aromatic carbocycles. The van der Waals surface area contributed by atoms with Gasteiger partial charge in [0.1, 0.15) is 6.07 Å². The van der Waals surface area contributed by atoms with Crippen LogP contribution in [0.25, 0.3) is 0 Å². The Morgan fingerprint density at radius 1 is 1.50 bits per heavy atom. The minimum atomic E-state index is -4.49. The number of halogens is 3. The predicted molar refractivity (Wildman–Crippen MR) is 64.7 cm³/mol. The van der Waals surface area contributed by atoms with E-state index in [0.717, 1.165) is 12.1 Å². The highest BCUT2D eigenvalue weighted by Gasteiger charge is 2.30. The van der Waals surface area contributed by atoms with E-state index in [2.05, 4.69) is 15.3 Å². The Morgan fingerprint density at radius 3 is 2.75 bits per heavy atom. The van der Waals surface area contributed by atoms with Crippen molar-refractivity contribution in [1.29, 1.82) is 5.26 Å². The van der Waals surface area contributed by atoms with Crippen LogP contribution in [-0.2, 0) is 15.7 Å². The van der Waals surface area contributed by atoms with E-state index in [1.165, 1.54) is 18.2 Å². The van der Waals surface area contributed by atoms with Crippen molar-refractivity contribution >= 4 is 17.4 Å². The molecule has 0 bridgehead atoms. The minimum absolute atomic E-state index is 0.00289. The molecule has 0 aliphatic heterocycles. The van der Waals surface area contributed by atoms with Crippen molar-refractivity contribution in [3.05, 3.63) is 29.8 Å². The zero-order valence-corrected chi connectivity index (χ0v) is 10.4. The summed E-state index contributed by atoms with van der Waals surface area (Å²) in [6.45, 7) is 1.61. The second-order valence-electron chi connectivity index (χ2n) is 3.48. The number of nitrogens with zero attached hydrogens (tertiary/aromatic N) is 2. The van der Waals surface area contributed by atoms with Gasteiger partial charge in [0.25, 0.3) is 0 Å². The third kappa shape index (κ3) is 4.28. The Bertz CT molecular complexity index is 562. The molecular weight excluding hydrogens is 275 g/mol. The summed E-state index contributed by atoms with van der Waals surface area (Å²) in [5.41, 5.74) is 0.762. The molecule has 0 radical (unpaired) electrons. The molecule has 1 rings (SSSR count). The second-order valence-corrected chi connectivity index (χ2v) is 3.48. The molecular formula is C12H10F3N3O2. The normalized spacial score (nSPS) is 11.7. The fourth-order valence-electron chi connectivity index (χ4n) is 1.20. The third-order valence-corrected chi connectivity index (χ3v) is 2.06. The van der Waals surface area contributed by atoms with Gasteiger partial charge in [0.2, 0.25) is 5.71 Å². The van der Waals surface area contributed by atoms with Gasteiger partial charge in [0.15, 0.2) is 0 Å². The Morgan fingerprint density at radius 2 is 2.20 bits per heavy atom. The SMILES string of the molecule is CCOC(=O)C(C#N)=NNc1cccc(C(F)(F)F)c1. The average molecular weight is 285 g/mol. The highest BCUT2D eigenvalue weighted by Crippen LogP contribution is 2.30. The maximum atomic E-state index is 12.5. The average Bonchev–Trinajstić information content (AvgIpc) is 2.39. The molecule has 0 aliphatic carbocycles. The molecule has 0 fully saturated rings. The first kappa shape index (κ1) is 15.5. The molecule has 0 saturated carbocycles. The molecule has 0 spiro atoms. The van der Waals surface area contributed by atoms with Crippen LogP contribution in [0.1, 0.15) is 12.5 Å². The van der Waals surface area contributed by atoms with Crippen LogP contribution in [0.15, 0.2) is 29.4 Å². The first-order valence-electron chi connectivity index (χ1n) is 5.46. The molecule has 20 heavy (non-hydrogen) atoms. The summed E-state index contributed by atoms with van der Waals surface area (Å²) in [5, 5.41) is 12.1. The number of esters is 1. The first-order chi connectivity index (χ1) is 9.38. The van der Waals surface area contributed by atoms with Gasteiger partial charge in [-0.1, -0.05) is 6.07 Å². The number of alkyl halides is 3. The standard InChI is InChI=1S/C12H10F3N3O2/c1-2-20-11(19)10(7-16)18-17-9-5-3-4-8(6-9)12(13,14)15/h3-6,17H,2H2,1H3. The van der Waals surface area contributed by atoms with Crippen LogP contribution < -0.4 is 5.43 Å². The minimum Gasteiger partial charge on any atom is -0.461 e. The number of ether oxygens (including phenoxy) is 1. The quantitative estimate of drug-likeness (QED) is 0.524. The van der Waals surface area contributed by atoms with E-state index in [1.54, 1.807) is 6.92 Å². The van der Waals surface area contributed by atoms with Crippen LogP contribution in [0, 0.1) is 11.3 Å². The number of hydrogen-bond donors (Lipinski definition) is 1. The molecule has 0 aromatic heterocycles. The summed E-state index contributed by atoms with van der Waals surface area (Å²) in [4.78, 5) is 11.2. The highest BCUT2D eigenvalue weighted by molar-refractivity contribution is 6.43. The van der Waals surface area contributed by atoms with Gasteiger partial charge in [-0.3, -0.25) is 5.43 Å². The fraction of sp³-hybridized carbons (Fsp3) is 0.250. The summed E-state index contributed by atoms with van der Waals surface area (Å²) >= 11 is 0. The van der Waals surface area contributed by atoms with Gasteiger partial charge in [-0.25, -0.2) is 4.79 Å². The van der Waals surface area contributed by atoms with Gasteiger partial charge >= 0.3 is 12.1 Å². The van der Waals surface area contributed by atoms with Gasteiger partial charge in [-0.2, -0.15) is 23.5 Å². The zero-order chi connectivity index (χ0) is 15.2. The lowest BCUT2D eigenvalue weighted by Gasteiger charge is -2.08. The van der Waals surface area contributed by atoms with E-state index in [0.29, 0.717) is 0 Å². The van der Waals surface area contributed by atoms with Crippen molar-refractivity contribution in [2.24, 2.45) is 5.10 Å². The molecule has 106 valence electrons. The number of benzene rings is 1. The van der Waals surface area contributed by atoms with Crippen LogP contribution in [0.2, 0.25) is 0 Å². The largest absolute Gasteiger partial charge is 0.461 e. The molecule has 0 atom stereocenters. The van der Waals surface area contributed by atoms with E-state index in [9.17, 15) is 18.0 Å². The van der Waals surface area contributed by atoms with Gasteiger partial charge in [-0.15, -0.1) is 0 Å².